The third kappa shape index (κ3) is 6.37. The van der Waals surface area contributed by atoms with Crippen LogP contribution in [0.1, 0.15) is 70.0 Å². The van der Waals surface area contributed by atoms with Gasteiger partial charge in [0.25, 0.3) is 0 Å². The summed E-state index contributed by atoms with van der Waals surface area (Å²) in [5.41, 5.74) is 1.03. The normalized spacial score (nSPS) is 22.8. The zero-order chi connectivity index (χ0) is 18.2. The van der Waals surface area contributed by atoms with Crippen molar-refractivity contribution in [3.63, 3.8) is 0 Å². The minimum Gasteiger partial charge on any atom is -0.357 e. The summed E-state index contributed by atoms with van der Waals surface area (Å²) < 4.78 is 12.1. The minimum atomic E-state index is -0.697. The summed E-state index contributed by atoms with van der Waals surface area (Å²) in [6.45, 7) is 9.84. The SMILES string of the molecule is CCNC(=NCc1csc(C(C)C)n1)NC1CCCC(S(=O)CC)C1. The smallest absolute Gasteiger partial charge is 0.191 e. The first-order valence-corrected chi connectivity index (χ1v) is 11.7. The lowest BCUT2D eigenvalue weighted by Gasteiger charge is -2.30. The number of nitrogens with one attached hydrogen (secondary N) is 2. The highest BCUT2D eigenvalue weighted by atomic mass is 32.2. The summed E-state index contributed by atoms with van der Waals surface area (Å²) >= 11 is 1.71. The van der Waals surface area contributed by atoms with Crippen LogP contribution in [0.3, 0.4) is 0 Å². The van der Waals surface area contributed by atoms with E-state index in [4.69, 9.17) is 4.99 Å². The number of aromatic nitrogens is 1. The number of hydrogen-bond donors (Lipinski definition) is 2. The highest BCUT2D eigenvalue weighted by molar-refractivity contribution is 7.85. The van der Waals surface area contributed by atoms with Gasteiger partial charge in [-0.2, -0.15) is 0 Å². The number of rotatable bonds is 7. The van der Waals surface area contributed by atoms with Crippen molar-refractivity contribution in [1.82, 2.24) is 15.6 Å². The van der Waals surface area contributed by atoms with Gasteiger partial charge in [0.05, 0.1) is 17.2 Å². The average molecular weight is 385 g/mol. The molecule has 1 aromatic rings. The van der Waals surface area contributed by atoms with Gasteiger partial charge in [0.2, 0.25) is 0 Å². The van der Waals surface area contributed by atoms with Crippen LogP contribution in [0.5, 0.6) is 0 Å². The molecule has 1 fully saturated rings. The molecule has 0 aliphatic heterocycles. The summed E-state index contributed by atoms with van der Waals surface area (Å²) in [6, 6.07) is 0.355. The summed E-state index contributed by atoms with van der Waals surface area (Å²) in [5.74, 6) is 2.07. The molecular weight excluding hydrogens is 352 g/mol. The lowest BCUT2D eigenvalue weighted by Crippen LogP contribution is -2.46. The van der Waals surface area contributed by atoms with Gasteiger partial charge in [-0.05, 0) is 26.2 Å². The van der Waals surface area contributed by atoms with Gasteiger partial charge in [-0.3, -0.25) is 4.21 Å². The van der Waals surface area contributed by atoms with E-state index < -0.39 is 10.8 Å². The van der Waals surface area contributed by atoms with Gasteiger partial charge in [0.15, 0.2) is 5.96 Å². The highest BCUT2D eigenvalue weighted by Crippen LogP contribution is 2.23. The molecule has 5 nitrogen and oxygen atoms in total. The average Bonchev–Trinajstić information content (AvgIpc) is 3.09. The highest BCUT2D eigenvalue weighted by Gasteiger charge is 2.26. The predicted octanol–water partition coefficient (Wildman–Crippen LogP) is 3.40. The van der Waals surface area contributed by atoms with E-state index in [1.165, 1.54) is 5.01 Å². The van der Waals surface area contributed by atoms with Crippen molar-refractivity contribution in [3.8, 4) is 0 Å². The molecule has 25 heavy (non-hydrogen) atoms. The Hall–Kier alpha value is -0.950. The van der Waals surface area contributed by atoms with Gasteiger partial charge >= 0.3 is 0 Å². The first-order valence-electron chi connectivity index (χ1n) is 9.39. The third-order valence-electron chi connectivity index (χ3n) is 4.43. The Labute approximate surface area is 158 Å². The van der Waals surface area contributed by atoms with Crippen LogP contribution in [0, 0.1) is 0 Å². The van der Waals surface area contributed by atoms with Crippen LogP contribution in [-0.4, -0.2) is 38.7 Å². The molecule has 0 aromatic carbocycles. The number of aliphatic imine (C=N–C) groups is 1. The maximum Gasteiger partial charge on any atom is 0.191 e. The monoisotopic (exact) mass is 384 g/mol. The van der Waals surface area contributed by atoms with Crippen molar-refractivity contribution in [2.45, 2.75) is 77.1 Å². The largest absolute Gasteiger partial charge is 0.357 e. The van der Waals surface area contributed by atoms with Crippen molar-refractivity contribution in [3.05, 3.63) is 16.1 Å². The van der Waals surface area contributed by atoms with Crippen LogP contribution >= 0.6 is 11.3 Å². The molecule has 1 aliphatic rings. The van der Waals surface area contributed by atoms with Gasteiger partial charge in [0.1, 0.15) is 0 Å². The molecule has 3 atom stereocenters. The lowest BCUT2D eigenvalue weighted by molar-refractivity contribution is 0.413. The Morgan fingerprint density at radius 2 is 2.24 bits per heavy atom. The van der Waals surface area contributed by atoms with E-state index in [-0.39, 0.29) is 0 Å². The molecule has 1 aromatic heterocycles. The second-order valence-corrected chi connectivity index (χ2v) is 9.72. The molecule has 142 valence electrons. The lowest BCUT2D eigenvalue weighted by atomic mass is 9.95. The summed E-state index contributed by atoms with van der Waals surface area (Å²) in [5, 5.41) is 10.5. The molecule has 0 amide bonds. The quantitative estimate of drug-likeness (QED) is 0.558. The molecule has 1 heterocycles. The molecule has 0 saturated heterocycles. The molecule has 0 spiro atoms. The number of thiazole rings is 1. The molecule has 0 radical (unpaired) electrons. The van der Waals surface area contributed by atoms with Crippen LogP contribution in [0.15, 0.2) is 10.4 Å². The first-order chi connectivity index (χ1) is 12.0. The number of nitrogens with zero attached hydrogens (tertiary/aromatic N) is 2. The van der Waals surface area contributed by atoms with Gasteiger partial charge < -0.3 is 10.6 Å². The zero-order valence-electron chi connectivity index (χ0n) is 15.9. The molecule has 7 heteroatoms. The van der Waals surface area contributed by atoms with E-state index in [1.807, 2.05) is 6.92 Å². The van der Waals surface area contributed by atoms with Gasteiger partial charge in [-0.25, -0.2) is 9.98 Å². The van der Waals surface area contributed by atoms with Gasteiger partial charge in [0, 0.05) is 45.7 Å². The molecule has 0 bridgehead atoms. The third-order valence-corrected chi connectivity index (χ3v) is 7.36. The Morgan fingerprint density at radius 3 is 2.88 bits per heavy atom. The van der Waals surface area contributed by atoms with Crippen LogP contribution in [0.4, 0.5) is 0 Å². The van der Waals surface area contributed by atoms with Crippen LogP contribution < -0.4 is 10.6 Å². The fraction of sp³-hybridized carbons (Fsp3) is 0.778. The van der Waals surface area contributed by atoms with Crippen molar-refractivity contribution in [1.29, 1.82) is 0 Å². The minimum absolute atomic E-state index is 0.325. The van der Waals surface area contributed by atoms with Crippen molar-refractivity contribution < 1.29 is 4.21 Å². The van der Waals surface area contributed by atoms with Crippen LogP contribution in [-0.2, 0) is 17.3 Å². The van der Waals surface area contributed by atoms with Gasteiger partial charge in [-0.1, -0.05) is 27.2 Å². The van der Waals surface area contributed by atoms with E-state index in [0.717, 1.165) is 49.6 Å². The standard InChI is InChI=1S/C18H32N4OS2/c1-5-19-18(20-11-15-12-24-17(21-15)13(3)4)22-14-8-7-9-16(10-14)25(23)6-2/h12-14,16H,5-11H2,1-4H3,(H2,19,20,22). The molecular formula is C18H32N4OS2. The summed E-state index contributed by atoms with van der Waals surface area (Å²) in [6.07, 6.45) is 4.32. The summed E-state index contributed by atoms with van der Waals surface area (Å²) in [4.78, 5) is 9.35. The topological polar surface area (TPSA) is 66.4 Å². The van der Waals surface area contributed by atoms with E-state index >= 15 is 0 Å². The van der Waals surface area contributed by atoms with Crippen molar-refractivity contribution in [2.75, 3.05) is 12.3 Å². The van der Waals surface area contributed by atoms with Crippen LogP contribution in [0.2, 0.25) is 0 Å². The fourth-order valence-electron chi connectivity index (χ4n) is 3.08. The Balaban J connectivity index is 1.95. The maximum absolute atomic E-state index is 12.1. The number of hydrogen-bond acceptors (Lipinski definition) is 4. The van der Waals surface area contributed by atoms with Gasteiger partial charge in [-0.15, -0.1) is 11.3 Å². The van der Waals surface area contributed by atoms with Crippen molar-refractivity contribution in [2.24, 2.45) is 4.99 Å². The van der Waals surface area contributed by atoms with Crippen LogP contribution in [0.25, 0.3) is 0 Å². The molecule has 1 saturated carbocycles. The summed E-state index contributed by atoms with van der Waals surface area (Å²) in [7, 11) is -0.697. The van der Waals surface area contributed by atoms with E-state index in [1.54, 1.807) is 11.3 Å². The zero-order valence-corrected chi connectivity index (χ0v) is 17.5. The first kappa shape index (κ1) is 20.4. The van der Waals surface area contributed by atoms with E-state index in [9.17, 15) is 4.21 Å². The van der Waals surface area contributed by atoms with E-state index in [0.29, 0.717) is 23.8 Å². The number of guanidine groups is 1. The molecule has 3 unspecified atom stereocenters. The second kappa shape index (κ2) is 10.3. The van der Waals surface area contributed by atoms with E-state index in [2.05, 4.69) is 41.8 Å². The Morgan fingerprint density at radius 1 is 1.44 bits per heavy atom. The second-order valence-electron chi connectivity index (χ2n) is 6.83. The molecule has 1 aliphatic carbocycles. The molecule has 2 N–H and O–H groups in total. The fourth-order valence-corrected chi connectivity index (χ4v) is 5.26. The Bertz CT molecular complexity index is 585. The molecule has 2 rings (SSSR count). The predicted molar refractivity (Wildman–Crippen MR) is 109 cm³/mol. The van der Waals surface area contributed by atoms with Crippen molar-refractivity contribution >= 4 is 28.1 Å². The Kier molecular flexibility index (Phi) is 8.36. The maximum atomic E-state index is 12.1.